The molecule has 28 heavy (non-hydrogen) atoms. The summed E-state index contributed by atoms with van der Waals surface area (Å²) >= 11 is 2.84. The number of hydrogen-bond donors (Lipinski definition) is 0. The molecule has 0 spiro atoms. The van der Waals surface area contributed by atoms with E-state index in [9.17, 15) is 0 Å². The van der Waals surface area contributed by atoms with Crippen LogP contribution in [-0.4, -0.2) is 16.0 Å². The molecule has 0 saturated heterocycles. The van der Waals surface area contributed by atoms with Crippen LogP contribution in [0.3, 0.4) is 0 Å². The smallest absolute Gasteiger partial charge is 0.00506 e. The van der Waals surface area contributed by atoms with Crippen LogP contribution in [0.1, 0.15) is 6.92 Å². The average molecular weight is 703 g/mol. The molecule has 0 N–H and O–H groups in total. The predicted octanol–water partition coefficient (Wildman–Crippen LogP) is 2.16. The summed E-state index contributed by atoms with van der Waals surface area (Å²) in [7, 11) is 0. The number of allylic oxidation sites excluding steroid dienone is 5. The summed E-state index contributed by atoms with van der Waals surface area (Å²) in [6, 6.07) is 0. The topological polar surface area (TPSA) is 159 Å². The van der Waals surface area contributed by atoms with Gasteiger partial charge in [-0.2, -0.15) is 0 Å². The van der Waals surface area contributed by atoms with E-state index in [1.54, 1.807) is 0 Å². The molecule has 0 saturated carbocycles. The fourth-order valence-electron chi connectivity index (χ4n) is 0.321. The van der Waals surface area contributed by atoms with Crippen molar-refractivity contribution < 1.29 is 79.3 Å². The molecular weight excluding hydrogens is 691 g/mol. The fraction of sp³-hybridized carbons (Fsp3) is 0.118. The molecule has 146 valence electrons. The summed E-state index contributed by atoms with van der Waals surface area (Å²) in [6.07, 6.45) is 10.0. The van der Waals surface area contributed by atoms with Crippen LogP contribution in [0.25, 0.3) is 0 Å². The van der Waals surface area contributed by atoms with Gasteiger partial charge in [-0.15, -0.1) is 0 Å². The Morgan fingerprint density at radius 2 is 0.786 bits per heavy atom. The van der Waals surface area contributed by atoms with Gasteiger partial charge in [0.2, 0.25) is 0 Å². The SMILES string of the molecule is C=C(C)C[Se].[C-]#[O+].[C-]#[O+].[C-]#[O+].[C-]#[O+].[C-]#[O+].[C-]#[O+].[C-]#[O+].[C-]#[O+].[CH]1C=CC=C1.[Mo].[W]. The van der Waals surface area contributed by atoms with Gasteiger partial charge < -0.3 is 0 Å². The van der Waals surface area contributed by atoms with Crippen molar-refractivity contribution in [1.29, 1.82) is 0 Å². The first-order valence-corrected chi connectivity index (χ1v) is 6.01. The van der Waals surface area contributed by atoms with E-state index in [1.165, 1.54) is 5.57 Å². The maximum Gasteiger partial charge on any atom is 0.00506 e. The number of rotatable bonds is 1. The molecule has 2 radical (unpaired) electrons. The van der Waals surface area contributed by atoms with E-state index in [0.717, 1.165) is 5.32 Å². The van der Waals surface area contributed by atoms with Gasteiger partial charge in [0.25, 0.3) is 0 Å². The first-order valence-electron chi connectivity index (χ1n) is 4.80. The van der Waals surface area contributed by atoms with Crippen LogP contribution in [0.15, 0.2) is 36.5 Å². The molecule has 0 aromatic rings. The van der Waals surface area contributed by atoms with Gasteiger partial charge in [0.15, 0.2) is 0 Å². The van der Waals surface area contributed by atoms with Gasteiger partial charge in [-0.05, 0) is 0 Å². The van der Waals surface area contributed by atoms with Crippen molar-refractivity contribution in [3.8, 4) is 0 Å². The molecule has 0 aromatic heterocycles. The molecule has 1 aliphatic carbocycles. The van der Waals surface area contributed by atoms with Gasteiger partial charge in [0, 0.05) is 48.6 Å². The Hall–Kier alpha value is -0.964. The Bertz CT molecular complexity index is 362. The minimum atomic E-state index is 0. The summed E-state index contributed by atoms with van der Waals surface area (Å²) in [5.74, 6) is 0. The molecule has 8 nitrogen and oxygen atoms in total. The summed E-state index contributed by atoms with van der Waals surface area (Å²) in [4.78, 5) is 0. The van der Waals surface area contributed by atoms with Gasteiger partial charge in [-0.3, -0.25) is 0 Å². The molecule has 0 aliphatic heterocycles. The zero-order valence-corrected chi connectivity index (χ0v) is 20.9. The first-order chi connectivity index (χ1) is 12.8. The third-order valence-corrected chi connectivity index (χ3v) is 1.84. The van der Waals surface area contributed by atoms with E-state index in [2.05, 4.69) is 75.8 Å². The van der Waals surface area contributed by atoms with Crippen LogP contribution in [-0.2, 0) is 79.3 Å². The molecular formula is C17H12MoO8SeW. The zero-order chi connectivity index (χ0) is 23.8. The van der Waals surface area contributed by atoms with Crippen molar-refractivity contribution in [2.75, 3.05) is 0 Å². The Labute approximate surface area is 202 Å². The minimum absolute atomic E-state index is 0. The molecule has 11 heteroatoms. The van der Waals surface area contributed by atoms with Crippen LogP contribution in [0.4, 0.5) is 0 Å². The quantitative estimate of drug-likeness (QED) is 0.170. The first kappa shape index (κ1) is 71.3. The van der Waals surface area contributed by atoms with E-state index in [1.807, 2.05) is 37.6 Å². The maximum atomic E-state index is 7.50. The zero-order valence-electron chi connectivity index (χ0n) is 14.3. The largest absolute Gasteiger partial charge is 0.0767 e. The molecule has 0 fully saturated rings. The van der Waals surface area contributed by atoms with Crippen LogP contribution in [0.5, 0.6) is 0 Å². The van der Waals surface area contributed by atoms with Crippen molar-refractivity contribution in [2.24, 2.45) is 0 Å². The molecule has 0 bridgehead atoms. The average Bonchev–Trinajstić information content (AvgIpc) is 3.40. The van der Waals surface area contributed by atoms with E-state index in [-0.39, 0.29) is 42.1 Å². The van der Waals surface area contributed by atoms with Crippen LogP contribution >= 0.6 is 0 Å². The van der Waals surface area contributed by atoms with E-state index < -0.39 is 0 Å². The molecule has 1 aliphatic rings. The van der Waals surface area contributed by atoms with Crippen molar-refractivity contribution in [2.45, 2.75) is 12.2 Å². The molecule has 1 rings (SSSR count). The Kier molecular flexibility index (Phi) is 643. The van der Waals surface area contributed by atoms with Crippen molar-refractivity contribution >= 4 is 16.0 Å². The summed E-state index contributed by atoms with van der Waals surface area (Å²) in [6.45, 7) is 41.6. The normalized spacial score (nSPS) is 5.07. The molecule has 0 heterocycles. The van der Waals surface area contributed by atoms with Gasteiger partial charge in [0.1, 0.15) is 0 Å². The van der Waals surface area contributed by atoms with Gasteiger partial charge in [-0.1, -0.05) is 24.3 Å². The van der Waals surface area contributed by atoms with Gasteiger partial charge in [-0.25, -0.2) is 0 Å². The fourth-order valence-corrected chi connectivity index (χ4v) is 0.321. The minimum Gasteiger partial charge on any atom is -0.0767 e. The molecule has 0 unspecified atom stereocenters. The van der Waals surface area contributed by atoms with Crippen LogP contribution in [0.2, 0.25) is 5.32 Å². The molecule has 0 atom stereocenters. The number of hydrogen-bond acceptors (Lipinski definition) is 0. The summed E-state index contributed by atoms with van der Waals surface area (Å²) in [5.41, 5.74) is 1.20. The van der Waals surface area contributed by atoms with Crippen molar-refractivity contribution in [3.05, 3.63) is 96.1 Å². The Morgan fingerprint density at radius 1 is 0.643 bits per heavy atom. The van der Waals surface area contributed by atoms with E-state index >= 15 is 0 Å². The van der Waals surface area contributed by atoms with E-state index in [0.29, 0.717) is 0 Å². The second kappa shape index (κ2) is 253. The third-order valence-electron chi connectivity index (χ3n) is 0.802. The second-order valence-corrected chi connectivity index (χ2v) is 2.67. The Morgan fingerprint density at radius 3 is 0.821 bits per heavy atom. The van der Waals surface area contributed by atoms with Crippen LogP contribution in [0, 0.1) is 59.6 Å². The van der Waals surface area contributed by atoms with E-state index in [4.69, 9.17) is 37.2 Å². The van der Waals surface area contributed by atoms with Gasteiger partial charge >= 0.3 is 131 Å². The molecule has 0 aromatic carbocycles. The monoisotopic (exact) mass is 706 g/mol. The van der Waals surface area contributed by atoms with Crippen LogP contribution < -0.4 is 0 Å². The Balaban J connectivity index is -0.0000000132. The van der Waals surface area contributed by atoms with Crippen molar-refractivity contribution in [1.82, 2.24) is 0 Å². The standard InChI is InChI=1S/C5H5.C4H7Se.8CO.Mo.W/c1-2-4-5-3-1;1-4(2)3-5;8*1-2;;/h1-5H;1,3H2,2H3;;;;;;;;;;. The second-order valence-electron chi connectivity index (χ2n) is 2.06. The van der Waals surface area contributed by atoms with Crippen molar-refractivity contribution in [3.63, 3.8) is 0 Å². The predicted molar refractivity (Wildman–Crippen MR) is 79.4 cm³/mol. The maximum absolute atomic E-state index is 7.50. The third kappa shape index (κ3) is 397. The summed E-state index contributed by atoms with van der Waals surface area (Å²) in [5, 5.41) is 0.986. The molecule has 0 amide bonds. The summed E-state index contributed by atoms with van der Waals surface area (Å²) < 4.78 is 60.0. The van der Waals surface area contributed by atoms with Gasteiger partial charge in [0.05, 0.1) is 0 Å².